The summed E-state index contributed by atoms with van der Waals surface area (Å²) in [6, 6.07) is 13.1. The van der Waals surface area contributed by atoms with Gasteiger partial charge >= 0.3 is 0 Å². The fourth-order valence-electron chi connectivity index (χ4n) is 1.98. The van der Waals surface area contributed by atoms with E-state index in [-0.39, 0.29) is 5.82 Å². The van der Waals surface area contributed by atoms with Gasteiger partial charge in [-0.15, -0.1) is 11.3 Å². The molecule has 21 heavy (non-hydrogen) atoms. The molecule has 0 spiro atoms. The molecule has 3 aromatic rings. The minimum Gasteiger partial charge on any atom is -0.381 e. The van der Waals surface area contributed by atoms with Gasteiger partial charge in [0.05, 0.1) is 4.47 Å². The maximum absolute atomic E-state index is 13.2. The largest absolute Gasteiger partial charge is 0.381 e. The molecular weight excluding hydrogens is 351 g/mol. The molecule has 1 aromatic heterocycles. The third-order valence-corrected chi connectivity index (χ3v) is 4.45. The Bertz CT molecular complexity index is 744. The second-order valence-corrected chi connectivity index (χ2v) is 6.27. The van der Waals surface area contributed by atoms with Gasteiger partial charge in [0.1, 0.15) is 10.8 Å². The summed E-state index contributed by atoms with van der Waals surface area (Å²) in [5.74, 6) is -0.246. The Hall–Kier alpha value is -1.72. The van der Waals surface area contributed by atoms with Gasteiger partial charge in [-0.3, -0.25) is 0 Å². The number of halogens is 2. The Morgan fingerprint density at radius 3 is 2.86 bits per heavy atom. The number of aromatic nitrogens is 1. The quantitative estimate of drug-likeness (QED) is 0.678. The molecule has 1 heterocycles. The zero-order valence-electron chi connectivity index (χ0n) is 11.0. The van der Waals surface area contributed by atoms with Crippen LogP contribution in [-0.2, 0) is 6.54 Å². The van der Waals surface area contributed by atoms with Crippen molar-refractivity contribution in [3.8, 4) is 10.6 Å². The predicted molar refractivity (Wildman–Crippen MR) is 89.0 cm³/mol. The van der Waals surface area contributed by atoms with E-state index in [9.17, 15) is 4.39 Å². The molecule has 0 aliphatic rings. The van der Waals surface area contributed by atoms with E-state index in [4.69, 9.17) is 0 Å². The standard InChI is InChI=1S/C16H12BrFN2S/c17-14-8-11(4-5-15(14)18)10-20-13-3-1-2-12(9-13)16-19-6-7-21-16/h1-9,20H,10H2. The van der Waals surface area contributed by atoms with Crippen LogP contribution in [-0.4, -0.2) is 4.98 Å². The minimum atomic E-state index is -0.246. The summed E-state index contributed by atoms with van der Waals surface area (Å²) in [6.07, 6.45) is 1.80. The van der Waals surface area contributed by atoms with Crippen LogP contribution in [0.2, 0.25) is 0 Å². The highest BCUT2D eigenvalue weighted by molar-refractivity contribution is 9.10. The Morgan fingerprint density at radius 1 is 1.19 bits per heavy atom. The van der Waals surface area contributed by atoms with Crippen molar-refractivity contribution < 1.29 is 4.39 Å². The van der Waals surface area contributed by atoms with E-state index >= 15 is 0 Å². The molecule has 2 nitrogen and oxygen atoms in total. The number of hydrogen-bond donors (Lipinski definition) is 1. The van der Waals surface area contributed by atoms with Gasteiger partial charge in [0.2, 0.25) is 0 Å². The monoisotopic (exact) mass is 362 g/mol. The highest BCUT2D eigenvalue weighted by Crippen LogP contribution is 2.25. The first-order valence-electron chi connectivity index (χ1n) is 6.40. The lowest BCUT2D eigenvalue weighted by atomic mass is 10.2. The Kier molecular flexibility index (Phi) is 4.31. The molecule has 0 aliphatic heterocycles. The van der Waals surface area contributed by atoms with Crippen molar-refractivity contribution >= 4 is 33.0 Å². The Balaban J connectivity index is 1.73. The van der Waals surface area contributed by atoms with Crippen molar-refractivity contribution in [2.24, 2.45) is 0 Å². The van der Waals surface area contributed by atoms with Gasteiger partial charge in [-0.25, -0.2) is 9.37 Å². The smallest absolute Gasteiger partial charge is 0.137 e. The number of rotatable bonds is 4. The molecule has 0 amide bonds. The summed E-state index contributed by atoms with van der Waals surface area (Å²) in [5.41, 5.74) is 3.13. The minimum absolute atomic E-state index is 0.246. The SMILES string of the molecule is Fc1ccc(CNc2cccc(-c3nccs3)c2)cc1Br. The van der Waals surface area contributed by atoms with Crippen LogP contribution >= 0.6 is 27.3 Å². The van der Waals surface area contributed by atoms with Gasteiger partial charge < -0.3 is 5.32 Å². The fraction of sp³-hybridized carbons (Fsp3) is 0.0625. The van der Waals surface area contributed by atoms with E-state index in [1.165, 1.54) is 6.07 Å². The van der Waals surface area contributed by atoms with Crippen LogP contribution in [0.5, 0.6) is 0 Å². The summed E-state index contributed by atoms with van der Waals surface area (Å²) in [7, 11) is 0. The van der Waals surface area contributed by atoms with Crippen molar-refractivity contribution in [2.75, 3.05) is 5.32 Å². The molecule has 3 rings (SSSR count). The number of nitrogens with zero attached hydrogens (tertiary/aromatic N) is 1. The number of hydrogen-bond acceptors (Lipinski definition) is 3. The van der Waals surface area contributed by atoms with Crippen LogP contribution in [0.4, 0.5) is 10.1 Å². The number of benzene rings is 2. The van der Waals surface area contributed by atoms with Crippen molar-refractivity contribution in [2.45, 2.75) is 6.54 Å². The van der Waals surface area contributed by atoms with Crippen LogP contribution < -0.4 is 5.32 Å². The molecule has 0 unspecified atom stereocenters. The average Bonchev–Trinajstić information content (AvgIpc) is 3.03. The average molecular weight is 363 g/mol. The maximum atomic E-state index is 13.2. The van der Waals surface area contributed by atoms with Crippen LogP contribution in [0.15, 0.2) is 58.5 Å². The zero-order chi connectivity index (χ0) is 14.7. The summed E-state index contributed by atoms with van der Waals surface area (Å²) < 4.78 is 13.7. The Morgan fingerprint density at radius 2 is 2.10 bits per heavy atom. The van der Waals surface area contributed by atoms with E-state index < -0.39 is 0 Å². The molecule has 1 N–H and O–H groups in total. The molecule has 0 radical (unpaired) electrons. The summed E-state index contributed by atoms with van der Waals surface area (Å²) in [5, 5.41) is 6.31. The number of anilines is 1. The van der Waals surface area contributed by atoms with Crippen molar-refractivity contribution in [1.29, 1.82) is 0 Å². The summed E-state index contributed by atoms with van der Waals surface area (Å²) in [6.45, 7) is 0.639. The Labute approximate surface area is 134 Å². The molecule has 106 valence electrons. The van der Waals surface area contributed by atoms with Crippen LogP contribution in [0.25, 0.3) is 10.6 Å². The molecule has 0 atom stereocenters. The van der Waals surface area contributed by atoms with Gasteiger partial charge in [0.25, 0.3) is 0 Å². The van der Waals surface area contributed by atoms with E-state index in [2.05, 4.69) is 32.3 Å². The van der Waals surface area contributed by atoms with Gasteiger partial charge in [0, 0.05) is 29.4 Å². The highest BCUT2D eigenvalue weighted by atomic mass is 79.9. The first kappa shape index (κ1) is 14.2. The van der Waals surface area contributed by atoms with Crippen LogP contribution in [0, 0.1) is 5.82 Å². The summed E-state index contributed by atoms with van der Waals surface area (Å²) in [4.78, 5) is 4.31. The van der Waals surface area contributed by atoms with Gasteiger partial charge in [-0.1, -0.05) is 18.2 Å². The van der Waals surface area contributed by atoms with Crippen LogP contribution in [0.3, 0.4) is 0 Å². The van der Waals surface area contributed by atoms with E-state index in [0.717, 1.165) is 21.8 Å². The molecule has 0 bridgehead atoms. The van der Waals surface area contributed by atoms with E-state index in [0.29, 0.717) is 11.0 Å². The van der Waals surface area contributed by atoms with Gasteiger partial charge in [-0.05, 0) is 45.8 Å². The molecule has 5 heteroatoms. The molecule has 2 aromatic carbocycles. The lowest BCUT2D eigenvalue weighted by Crippen LogP contribution is -1.99. The number of nitrogens with one attached hydrogen (secondary N) is 1. The molecule has 0 fully saturated rings. The fourth-order valence-corrected chi connectivity index (χ4v) is 3.04. The van der Waals surface area contributed by atoms with E-state index in [1.807, 2.05) is 23.6 Å². The molecule has 0 saturated heterocycles. The van der Waals surface area contributed by atoms with Gasteiger partial charge in [-0.2, -0.15) is 0 Å². The van der Waals surface area contributed by atoms with Crippen LogP contribution in [0.1, 0.15) is 5.56 Å². The summed E-state index contributed by atoms with van der Waals surface area (Å²) >= 11 is 4.82. The lowest BCUT2D eigenvalue weighted by Gasteiger charge is -2.08. The third kappa shape index (κ3) is 3.49. The normalized spacial score (nSPS) is 10.6. The first-order valence-corrected chi connectivity index (χ1v) is 8.07. The maximum Gasteiger partial charge on any atom is 0.137 e. The molecule has 0 aliphatic carbocycles. The predicted octanol–water partition coefficient (Wildman–Crippen LogP) is 5.32. The first-order chi connectivity index (χ1) is 10.2. The van der Waals surface area contributed by atoms with Gasteiger partial charge in [0.15, 0.2) is 0 Å². The van der Waals surface area contributed by atoms with Crippen molar-refractivity contribution in [3.05, 3.63) is 69.9 Å². The molecule has 0 saturated carbocycles. The lowest BCUT2D eigenvalue weighted by molar-refractivity contribution is 0.620. The number of thiazole rings is 1. The second-order valence-electron chi connectivity index (χ2n) is 4.52. The zero-order valence-corrected chi connectivity index (χ0v) is 13.4. The molecular formula is C16H12BrFN2S. The van der Waals surface area contributed by atoms with E-state index in [1.54, 1.807) is 29.7 Å². The van der Waals surface area contributed by atoms with Crippen molar-refractivity contribution in [1.82, 2.24) is 4.98 Å². The third-order valence-electron chi connectivity index (χ3n) is 3.02. The van der Waals surface area contributed by atoms with Crippen molar-refractivity contribution in [3.63, 3.8) is 0 Å². The topological polar surface area (TPSA) is 24.9 Å². The second kappa shape index (κ2) is 6.37. The highest BCUT2D eigenvalue weighted by Gasteiger charge is 2.03.